The predicted molar refractivity (Wildman–Crippen MR) is 96.6 cm³/mol. The van der Waals surface area contributed by atoms with E-state index in [4.69, 9.17) is 5.26 Å². The molecule has 0 radical (unpaired) electrons. The number of nitrogens with one attached hydrogen (secondary N) is 1. The summed E-state index contributed by atoms with van der Waals surface area (Å²) in [6.07, 6.45) is 5.35. The summed E-state index contributed by atoms with van der Waals surface area (Å²) in [5, 5.41) is 12.4. The van der Waals surface area contributed by atoms with Gasteiger partial charge in [0.05, 0.1) is 12.6 Å². The van der Waals surface area contributed by atoms with Gasteiger partial charge in [-0.2, -0.15) is 5.26 Å². The lowest BCUT2D eigenvalue weighted by Gasteiger charge is -2.34. The Hall–Kier alpha value is -1.61. The van der Waals surface area contributed by atoms with Gasteiger partial charge in [-0.15, -0.1) is 0 Å². The van der Waals surface area contributed by atoms with Gasteiger partial charge in [0, 0.05) is 31.1 Å². The molecule has 25 heavy (non-hydrogen) atoms. The summed E-state index contributed by atoms with van der Waals surface area (Å²) < 4.78 is 0. The molecule has 1 atom stereocenters. The zero-order valence-corrected chi connectivity index (χ0v) is 15.8. The van der Waals surface area contributed by atoms with E-state index < -0.39 is 0 Å². The number of nitriles is 1. The summed E-state index contributed by atoms with van der Waals surface area (Å²) in [5.74, 6) is 0.429. The third kappa shape index (κ3) is 4.94. The minimum Gasteiger partial charge on any atom is -0.340 e. The molecule has 6 heteroatoms. The normalized spacial score (nSPS) is 26.5. The third-order valence-electron chi connectivity index (χ3n) is 5.59. The second-order valence-electron chi connectivity index (χ2n) is 7.52. The van der Waals surface area contributed by atoms with Crippen molar-refractivity contribution in [2.45, 2.75) is 77.4 Å². The first-order valence-corrected chi connectivity index (χ1v) is 9.70. The van der Waals surface area contributed by atoms with E-state index in [1.54, 1.807) is 4.90 Å². The largest absolute Gasteiger partial charge is 0.340 e. The molecule has 1 saturated carbocycles. The van der Waals surface area contributed by atoms with Gasteiger partial charge in [-0.25, -0.2) is 0 Å². The molecule has 1 saturated heterocycles. The standard InChI is InChI=1S/C19H32N4O2/c1-4-22(14(2)3)19(25)15-7-9-16(10-8-15)21-13-18(24)23-11-5-6-17(23)12-20/h14-17,21H,4-11,13H2,1-3H3/t15?,16?,17-/m0/s1. The van der Waals surface area contributed by atoms with E-state index in [9.17, 15) is 9.59 Å². The van der Waals surface area contributed by atoms with E-state index in [1.807, 2.05) is 11.8 Å². The summed E-state index contributed by atoms with van der Waals surface area (Å²) in [5.41, 5.74) is 0. The third-order valence-corrected chi connectivity index (χ3v) is 5.59. The summed E-state index contributed by atoms with van der Waals surface area (Å²) in [6, 6.07) is 2.51. The molecule has 0 aromatic heterocycles. The molecule has 0 aromatic rings. The highest BCUT2D eigenvalue weighted by Crippen LogP contribution is 2.26. The van der Waals surface area contributed by atoms with Crippen molar-refractivity contribution in [1.82, 2.24) is 15.1 Å². The quantitative estimate of drug-likeness (QED) is 0.795. The second-order valence-corrected chi connectivity index (χ2v) is 7.52. The maximum atomic E-state index is 12.6. The van der Waals surface area contributed by atoms with Crippen LogP contribution in [-0.2, 0) is 9.59 Å². The van der Waals surface area contributed by atoms with E-state index in [2.05, 4.69) is 25.2 Å². The molecule has 0 bridgehead atoms. The Morgan fingerprint density at radius 3 is 2.48 bits per heavy atom. The molecular weight excluding hydrogens is 316 g/mol. The fraction of sp³-hybridized carbons (Fsp3) is 0.842. The van der Waals surface area contributed by atoms with Crippen molar-refractivity contribution in [3.63, 3.8) is 0 Å². The average molecular weight is 348 g/mol. The summed E-state index contributed by atoms with van der Waals surface area (Å²) in [6.45, 7) is 7.92. The number of nitrogens with zero attached hydrogens (tertiary/aromatic N) is 3. The predicted octanol–water partition coefficient (Wildman–Crippen LogP) is 1.91. The fourth-order valence-electron chi connectivity index (χ4n) is 4.09. The van der Waals surface area contributed by atoms with Crippen LogP contribution in [0.3, 0.4) is 0 Å². The van der Waals surface area contributed by atoms with Crippen LogP contribution in [0.25, 0.3) is 0 Å². The van der Waals surface area contributed by atoms with E-state index in [1.165, 1.54) is 0 Å². The highest BCUT2D eigenvalue weighted by molar-refractivity contribution is 5.80. The minimum atomic E-state index is -0.251. The lowest BCUT2D eigenvalue weighted by atomic mass is 9.85. The molecule has 0 spiro atoms. The molecular formula is C19H32N4O2. The Morgan fingerprint density at radius 2 is 1.92 bits per heavy atom. The Morgan fingerprint density at radius 1 is 1.24 bits per heavy atom. The van der Waals surface area contributed by atoms with Crippen molar-refractivity contribution < 1.29 is 9.59 Å². The topological polar surface area (TPSA) is 76.4 Å². The first-order valence-electron chi connectivity index (χ1n) is 9.70. The van der Waals surface area contributed by atoms with Gasteiger partial charge < -0.3 is 15.1 Å². The number of likely N-dealkylation sites (tertiary alicyclic amines) is 1. The first kappa shape index (κ1) is 19.7. The molecule has 2 fully saturated rings. The van der Waals surface area contributed by atoms with Crippen molar-refractivity contribution in [3.05, 3.63) is 0 Å². The van der Waals surface area contributed by atoms with Gasteiger partial charge in [-0.3, -0.25) is 9.59 Å². The number of rotatable bonds is 6. The average Bonchev–Trinajstić information content (AvgIpc) is 3.09. The Bertz CT molecular complexity index is 506. The van der Waals surface area contributed by atoms with Gasteiger partial charge in [-0.05, 0) is 59.3 Å². The summed E-state index contributed by atoms with van der Waals surface area (Å²) in [4.78, 5) is 28.5. The molecule has 2 amide bonds. The number of carbonyl (C=O) groups is 2. The molecule has 1 aliphatic heterocycles. The number of hydrogen-bond acceptors (Lipinski definition) is 4. The van der Waals surface area contributed by atoms with Crippen LogP contribution in [0, 0.1) is 17.2 Å². The van der Waals surface area contributed by atoms with E-state index >= 15 is 0 Å². The monoisotopic (exact) mass is 348 g/mol. The molecule has 1 aliphatic carbocycles. The van der Waals surface area contributed by atoms with Gasteiger partial charge in [0.2, 0.25) is 11.8 Å². The SMILES string of the molecule is CCN(C(=O)C1CCC(NCC(=O)N2CCC[C@H]2C#N)CC1)C(C)C. The van der Waals surface area contributed by atoms with Crippen molar-refractivity contribution in [3.8, 4) is 6.07 Å². The van der Waals surface area contributed by atoms with Gasteiger partial charge in [0.25, 0.3) is 0 Å². The van der Waals surface area contributed by atoms with Crippen LogP contribution >= 0.6 is 0 Å². The first-order chi connectivity index (χ1) is 12.0. The van der Waals surface area contributed by atoms with E-state index in [0.717, 1.165) is 45.1 Å². The molecule has 0 unspecified atom stereocenters. The van der Waals surface area contributed by atoms with Gasteiger partial charge >= 0.3 is 0 Å². The highest BCUT2D eigenvalue weighted by Gasteiger charge is 2.31. The molecule has 6 nitrogen and oxygen atoms in total. The zero-order chi connectivity index (χ0) is 18.4. The molecule has 2 rings (SSSR count). The number of carbonyl (C=O) groups excluding carboxylic acids is 2. The highest BCUT2D eigenvalue weighted by atomic mass is 16.2. The summed E-state index contributed by atoms with van der Waals surface area (Å²) in [7, 11) is 0. The Balaban J connectivity index is 1.74. The van der Waals surface area contributed by atoms with E-state index in [-0.39, 0.29) is 29.8 Å². The fourth-order valence-corrected chi connectivity index (χ4v) is 4.09. The Labute approximate surface area is 151 Å². The maximum absolute atomic E-state index is 12.6. The molecule has 2 aliphatic rings. The van der Waals surface area contributed by atoms with Crippen molar-refractivity contribution >= 4 is 11.8 Å². The maximum Gasteiger partial charge on any atom is 0.237 e. The van der Waals surface area contributed by atoms with Crippen LogP contribution in [0.5, 0.6) is 0 Å². The zero-order valence-electron chi connectivity index (χ0n) is 15.8. The lowest BCUT2D eigenvalue weighted by Crippen LogP contribution is -2.46. The van der Waals surface area contributed by atoms with Crippen LogP contribution in [0.15, 0.2) is 0 Å². The van der Waals surface area contributed by atoms with E-state index in [0.29, 0.717) is 19.1 Å². The van der Waals surface area contributed by atoms with Crippen molar-refractivity contribution in [1.29, 1.82) is 5.26 Å². The van der Waals surface area contributed by atoms with Crippen molar-refractivity contribution in [2.24, 2.45) is 5.92 Å². The van der Waals surface area contributed by atoms with Gasteiger partial charge in [-0.1, -0.05) is 0 Å². The molecule has 140 valence electrons. The molecule has 1 heterocycles. The van der Waals surface area contributed by atoms with Crippen LogP contribution in [-0.4, -0.2) is 59.4 Å². The molecule has 0 aromatic carbocycles. The van der Waals surface area contributed by atoms with Crippen LogP contribution in [0.4, 0.5) is 0 Å². The second kappa shape index (κ2) is 9.19. The Kier molecular flexibility index (Phi) is 7.24. The summed E-state index contributed by atoms with van der Waals surface area (Å²) >= 11 is 0. The smallest absolute Gasteiger partial charge is 0.237 e. The minimum absolute atomic E-state index is 0.0271. The number of amides is 2. The van der Waals surface area contributed by atoms with Crippen molar-refractivity contribution in [2.75, 3.05) is 19.6 Å². The van der Waals surface area contributed by atoms with Gasteiger partial charge in [0.1, 0.15) is 6.04 Å². The number of hydrogen-bond donors (Lipinski definition) is 1. The molecule has 1 N–H and O–H groups in total. The van der Waals surface area contributed by atoms with Crippen LogP contribution in [0.1, 0.15) is 59.3 Å². The lowest BCUT2D eigenvalue weighted by molar-refractivity contribution is -0.138. The van der Waals surface area contributed by atoms with Gasteiger partial charge in [0.15, 0.2) is 0 Å². The van der Waals surface area contributed by atoms with Crippen LogP contribution in [0.2, 0.25) is 0 Å². The van der Waals surface area contributed by atoms with Crippen LogP contribution < -0.4 is 5.32 Å².